The monoisotopic (exact) mass is 398 g/mol. The molecule has 1 aromatic rings. The van der Waals surface area contributed by atoms with Gasteiger partial charge < -0.3 is 14.5 Å². The molecule has 2 aliphatic heterocycles. The van der Waals surface area contributed by atoms with Gasteiger partial charge in [0.2, 0.25) is 5.91 Å². The van der Waals surface area contributed by atoms with Crippen molar-refractivity contribution in [2.75, 3.05) is 39.4 Å². The lowest BCUT2D eigenvalue weighted by Gasteiger charge is -2.35. The van der Waals surface area contributed by atoms with Crippen molar-refractivity contribution in [1.29, 1.82) is 0 Å². The Morgan fingerprint density at radius 2 is 1.75 bits per heavy atom. The van der Waals surface area contributed by atoms with E-state index < -0.39 is 5.82 Å². The van der Waals surface area contributed by atoms with Gasteiger partial charge in [0.1, 0.15) is 5.82 Å². The zero-order valence-electron chi connectivity index (χ0n) is 13.3. The molecule has 3 rings (SSSR count). The van der Waals surface area contributed by atoms with Crippen molar-refractivity contribution >= 4 is 27.7 Å². The van der Waals surface area contributed by atoms with Gasteiger partial charge >= 0.3 is 0 Å². The van der Waals surface area contributed by atoms with Gasteiger partial charge in [-0.1, -0.05) is 15.9 Å². The molecule has 130 valence electrons. The molecule has 7 heteroatoms. The number of rotatable bonds is 2. The van der Waals surface area contributed by atoms with Crippen LogP contribution in [0.5, 0.6) is 0 Å². The van der Waals surface area contributed by atoms with E-state index in [0.29, 0.717) is 56.7 Å². The first kappa shape index (κ1) is 17.4. The lowest BCUT2D eigenvalue weighted by Crippen LogP contribution is -2.47. The Hall–Kier alpha value is -1.47. The Morgan fingerprint density at radius 3 is 2.38 bits per heavy atom. The van der Waals surface area contributed by atoms with E-state index in [2.05, 4.69) is 15.9 Å². The number of benzene rings is 1. The molecule has 1 aromatic carbocycles. The molecule has 24 heavy (non-hydrogen) atoms. The summed E-state index contributed by atoms with van der Waals surface area (Å²) in [6.45, 7) is 3.42. The van der Waals surface area contributed by atoms with Crippen LogP contribution in [0.4, 0.5) is 4.39 Å². The van der Waals surface area contributed by atoms with E-state index in [-0.39, 0.29) is 23.3 Å². The largest absolute Gasteiger partial charge is 0.378 e. The number of carbonyl (C=O) groups is 2. The highest BCUT2D eigenvalue weighted by molar-refractivity contribution is 9.10. The highest BCUT2D eigenvalue weighted by Gasteiger charge is 2.31. The lowest BCUT2D eigenvalue weighted by molar-refractivity contribution is -0.141. The van der Waals surface area contributed by atoms with Crippen molar-refractivity contribution in [2.24, 2.45) is 5.92 Å². The van der Waals surface area contributed by atoms with E-state index in [1.54, 1.807) is 11.0 Å². The molecule has 5 nitrogen and oxygen atoms in total. The topological polar surface area (TPSA) is 49.9 Å². The van der Waals surface area contributed by atoms with Gasteiger partial charge in [-0.2, -0.15) is 0 Å². The molecule has 0 N–H and O–H groups in total. The van der Waals surface area contributed by atoms with Crippen molar-refractivity contribution in [3.05, 3.63) is 34.1 Å². The zero-order chi connectivity index (χ0) is 17.1. The summed E-state index contributed by atoms with van der Waals surface area (Å²) in [4.78, 5) is 28.4. The van der Waals surface area contributed by atoms with Gasteiger partial charge in [-0.15, -0.1) is 0 Å². The Labute approximate surface area is 148 Å². The summed E-state index contributed by atoms with van der Waals surface area (Å²) in [7, 11) is 0. The number of ether oxygens (including phenoxy) is 1. The van der Waals surface area contributed by atoms with Crippen LogP contribution in [0.1, 0.15) is 23.2 Å². The summed E-state index contributed by atoms with van der Waals surface area (Å²) in [6.07, 6.45) is 1.25. The van der Waals surface area contributed by atoms with Gasteiger partial charge in [-0.3, -0.25) is 9.59 Å². The summed E-state index contributed by atoms with van der Waals surface area (Å²) < 4.78 is 19.8. The van der Waals surface area contributed by atoms with Crippen LogP contribution in [0, 0.1) is 11.7 Å². The second-order valence-corrected chi connectivity index (χ2v) is 7.04. The number of amides is 2. The Balaban J connectivity index is 1.58. The normalized spacial score (nSPS) is 19.4. The van der Waals surface area contributed by atoms with Crippen LogP contribution in [0.3, 0.4) is 0 Å². The van der Waals surface area contributed by atoms with Gasteiger partial charge in [-0.25, -0.2) is 4.39 Å². The third-order valence-corrected chi connectivity index (χ3v) is 5.11. The summed E-state index contributed by atoms with van der Waals surface area (Å²) in [6, 6.07) is 4.44. The maximum absolute atomic E-state index is 14.0. The molecule has 0 unspecified atom stereocenters. The molecule has 2 heterocycles. The minimum absolute atomic E-state index is 0.0538. The van der Waals surface area contributed by atoms with Crippen molar-refractivity contribution in [2.45, 2.75) is 12.8 Å². The quantitative estimate of drug-likeness (QED) is 0.767. The van der Waals surface area contributed by atoms with Crippen molar-refractivity contribution in [3.8, 4) is 0 Å². The maximum Gasteiger partial charge on any atom is 0.256 e. The number of piperidine rings is 1. The molecule has 0 saturated carbocycles. The molecule has 2 aliphatic rings. The predicted octanol–water partition coefficient (Wildman–Crippen LogP) is 2.30. The van der Waals surface area contributed by atoms with Crippen LogP contribution in [0.15, 0.2) is 22.7 Å². The SMILES string of the molecule is O=C(c1ccc(Br)cc1F)N1CCC(C(=O)N2CCOCC2)CC1. The smallest absolute Gasteiger partial charge is 0.256 e. The molecule has 2 amide bonds. The molecule has 2 saturated heterocycles. The highest BCUT2D eigenvalue weighted by atomic mass is 79.9. The third-order valence-electron chi connectivity index (χ3n) is 4.62. The first-order chi connectivity index (χ1) is 11.6. The Kier molecular flexibility index (Phi) is 5.50. The van der Waals surface area contributed by atoms with Crippen LogP contribution in [-0.2, 0) is 9.53 Å². The average Bonchev–Trinajstić information content (AvgIpc) is 2.61. The van der Waals surface area contributed by atoms with E-state index in [0.717, 1.165) is 0 Å². The molecular formula is C17H20BrFN2O3. The Morgan fingerprint density at radius 1 is 1.08 bits per heavy atom. The molecule has 0 radical (unpaired) electrons. The zero-order valence-corrected chi connectivity index (χ0v) is 14.9. The van der Waals surface area contributed by atoms with Crippen LogP contribution in [0.25, 0.3) is 0 Å². The fourth-order valence-corrected chi connectivity index (χ4v) is 3.54. The van der Waals surface area contributed by atoms with Crippen LogP contribution >= 0.6 is 15.9 Å². The summed E-state index contributed by atoms with van der Waals surface area (Å²) >= 11 is 3.19. The Bertz CT molecular complexity index is 626. The first-order valence-corrected chi connectivity index (χ1v) is 8.96. The highest BCUT2D eigenvalue weighted by Crippen LogP contribution is 2.23. The number of carbonyl (C=O) groups excluding carboxylic acids is 2. The molecule has 2 fully saturated rings. The van der Waals surface area contributed by atoms with Gasteiger partial charge in [0.25, 0.3) is 5.91 Å². The number of halogens is 2. The van der Waals surface area contributed by atoms with E-state index in [4.69, 9.17) is 4.74 Å². The maximum atomic E-state index is 14.0. The molecule has 0 spiro atoms. The summed E-state index contributed by atoms with van der Waals surface area (Å²) in [5, 5.41) is 0. The number of hydrogen-bond acceptors (Lipinski definition) is 3. The predicted molar refractivity (Wildman–Crippen MR) is 90.1 cm³/mol. The van der Waals surface area contributed by atoms with Gasteiger partial charge in [0.05, 0.1) is 18.8 Å². The van der Waals surface area contributed by atoms with E-state index in [1.807, 2.05) is 4.90 Å². The van der Waals surface area contributed by atoms with Crippen LogP contribution < -0.4 is 0 Å². The van der Waals surface area contributed by atoms with Gasteiger partial charge in [0.15, 0.2) is 0 Å². The number of nitrogens with zero attached hydrogens (tertiary/aromatic N) is 2. The molecule has 0 bridgehead atoms. The summed E-state index contributed by atoms with van der Waals surface area (Å²) in [5.74, 6) is -0.736. The fourth-order valence-electron chi connectivity index (χ4n) is 3.20. The second-order valence-electron chi connectivity index (χ2n) is 6.13. The molecule has 0 aliphatic carbocycles. The van der Waals surface area contributed by atoms with Crippen LogP contribution in [0.2, 0.25) is 0 Å². The number of morpholine rings is 1. The standard InChI is InChI=1S/C17H20BrFN2O3/c18-13-1-2-14(15(19)11-13)17(23)20-5-3-12(4-6-20)16(22)21-7-9-24-10-8-21/h1-2,11-12H,3-10H2. The minimum atomic E-state index is -0.527. The van der Waals surface area contributed by atoms with E-state index in [9.17, 15) is 14.0 Å². The van der Waals surface area contributed by atoms with E-state index in [1.165, 1.54) is 12.1 Å². The minimum Gasteiger partial charge on any atom is -0.378 e. The molecule has 0 atom stereocenters. The van der Waals surface area contributed by atoms with Crippen molar-refractivity contribution in [3.63, 3.8) is 0 Å². The number of hydrogen-bond donors (Lipinski definition) is 0. The van der Waals surface area contributed by atoms with Crippen LogP contribution in [-0.4, -0.2) is 61.0 Å². The van der Waals surface area contributed by atoms with E-state index >= 15 is 0 Å². The second kappa shape index (κ2) is 7.61. The van der Waals surface area contributed by atoms with Crippen molar-refractivity contribution < 1.29 is 18.7 Å². The fraction of sp³-hybridized carbons (Fsp3) is 0.529. The molecule has 0 aromatic heterocycles. The van der Waals surface area contributed by atoms with Crippen molar-refractivity contribution in [1.82, 2.24) is 9.80 Å². The van der Waals surface area contributed by atoms with Gasteiger partial charge in [0, 0.05) is 36.6 Å². The molecular weight excluding hydrogens is 379 g/mol. The summed E-state index contributed by atoms with van der Waals surface area (Å²) in [5.41, 5.74) is 0.0798. The lowest BCUT2D eigenvalue weighted by atomic mass is 9.94. The first-order valence-electron chi connectivity index (χ1n) is 8.17. The third kappa shape index (κ3) is 3.78. The number of likely N-dealkylation sites (tertiary alicyclic amines) is 1. The van der Waals surface area contributed by atoms with Gasteiger partial charge in [-0.05, 0) is 31.0 Å². The average molecular weight is 399 g/mol.